The molecule has 0 aliphatic rings. The van der Waals surface area contributed by atoms with E-state index in [1.165, 1.54) is 22.2 Å². The summed E-state index contributed by atoms with van der Waals surface area (Å²) in [5.74, 6) is 0. The summed E-state index contributed by atoms with van der Waals surface area (Å²) in [6, 6.07) is 2.26. The molecule has 2 heteroatoms. The molecule has 1 aromatic rings. The van der Waals surface area contributed by atoms with Gasteiger partial charge in [0.15, 0.2) is 0 Å². The average Bonchev–Trinajstić information content (AvgIpc) is 1.97. The Morgan fingerprint density at radius 1 is 1.21 bits per heavy atom. The zero-order valence-electron chi connectivity index (χ0n) is 10.0. The highest BCUT2D eigenvalue weighted by atomic mass is 32.1. The van der Waals surface area contributed by atoms with E-state index in [1.54, 1.807) is 0 Å². The number of hydrogen-bond acceptors (Lipinski definition) is 1. The van der Waals surface area contributed by atoms with Gasteiger partial charge in [-0.05, 0) is 36.0 Å². The van der Waals surface area contributed by atoms with Gasteiger partial charge in [-0.1, -0.05) is 32.3 Å². The fourth-order valence-electron chi connectivity index (χ4n) is 2.01. The van der Waals surface area contributed by atoms with Crippen molar-refractivity contribution in [2.75, 3.05) is 0 Å². The maximum atomic E-state index is 4.64. The summed E-state index contributed by atoms with van der Waals surface area (Å²) in [5.41, 5.74) is 5.55. The van der Waals surface area contributed by atoms with Gasteiger partial charge < -0.3 is 0 Å². The molecule has 14 heavy (non-hydrogen) atoms. The summed E-state index contributed by atoms with van der Waals surface area (Å²) in [4.78, 5) is 1.16. The fraction of sp³-hybridized carbons (Fsp3) is 0.500. The third kappa shape index (κ3) is 2.00. The van der Waals surface area contributed by atoms with Crippen molar-refractivity contribution in [2.24, 2.45) is 0 Å². The minimum absolute atomic E-state index is 0.180. The van der Waals surface area contributed by atoms with E-state index >= 15 is 0 Å². The summed E-state index contributed by atoms with van der Waals surface area (Å²) < 4.78 is 0. The Labute approximate surface area is 93.9 Å². The normalized spacial score (nSPS) is 11.9. The first-order chi connectivity index (χ1) is 6.25. The molecular formula is C12H19BS. The molecule has 1 rings (SSSR count). The van der Waals surface area contributed by atoms with Gasteiger partial charge in [0.25, 0.3) is 0 Å². The Balaban J connectivity index is 3.53. The Kier molecular flexibility index (Phi) is 3.06. The Hall–Kier alpha value is -0.365. The molecule has 0 radical (unpaired) electrons. The van der Waals surface area contributed by atoms with Crippen LogP contribution in [0.4, 0.5) is 0 Å². The minimum atomic E-state index is 0.180. The van der Waals surface area contributed by atoms with Gasteiger partial charge in [0.2, 0.25) is 0 Å². The molecule has 0 heterocycles. The van der Waals surface area contributed by atoms with Crippen molar-refractivity contribution in [1.29, 1.82) is 0 Å². The van der Waals surface area contributed by atoms with Crippen molar-refractivity contribution in [3.8, 4) is 0 Å². The zero-order valence-corrected chi connectivity index (χ0v) is 10.9. The molecule has 0 saturated carbocycles. The minimum Gasteiger partial charge on any atom is -0.143 e. The van der Waals surface area contributed by atoms with Crippen molar-refractivity contribution < 1.29 is 0 Å². The van der Waals surface area contributed by atoms with E-state index in [-0.39, 0.29) is 5.41 Å². The van der Waals surface area contributed by atoms with E-state index in [1.807, 2.05) is 0 Å². The lowest BCUT2D eigenvalue weighted by atomic mass is 9.76. The monoisotopic (exact) mass is 206 g/mol. The standard InChI is InChI=1S/C12H19BS/c1-7-6-9(13)10(12(3,4)5)11(14)8(7)2/h6,14H,13H2,1-5H3. The molecule has 1 aromatic carbocycles. The quantitative estimate of drug-likeness (QED) is 0.488. The second-order valence-corrected chi connectivity index (χ2v) is 5.56. The van der Waals surface area contributed by atoms with Crippen LogP contribution in [0.15, 0.2) is 11.0 Å². The smallest absolute Gasteiger partial charge is 0.139 e. The van der Waals surface area contributed by atoms with E-state index in [9.17, 15) is 0 Å². The topological polar surface area (TPSA) is 0 Å². The number of rotatable bonds is 0. The molecule has 0 nitrogen and oxygen atoms in total. The van der Waals surface area contributed by atoms with Crippen LogP contribution in [0.2, 0.25) is 0 Å². The van der Waals surface area contributed by atoms with Crippen molar-refractivity contribution in [3.63, 3.8) is 0 Å². The van der Waals surface area contributed by atoms with Crippen LogP contribution >= 0.6 is 12.6 Å². The first-order valence-corrected chi connectivity index (χ1v) is 5.50. The molecule has 0 saturated heterocycles. The molecule has 0 atom stereocenters. The molecule has 0 unspecified atom stereocenters. The molecule has 0 spiro atoms. The van der Waals surface area contributed by atoms with Crippen molar-refractivity contribution in [3.05, 3.63) is 22.8 Å². The van der Waals surface area contributed by atoms with E-state index in [2.05, 4.69) is 61.2 Å². The molecular weight excluding hydrogens is 187 g/mol. The molecule has 0 amide bonds. The highest BCUT2D eigenvalue weighted by molar-refractivity contribution is 7.80. The molecule has 0 aromatic heterocycles. The van der Waals surface area contributed by atoms with E-state index < -0.39 is 0 Å². The first-order valence-electron chi connectivity index (χ1n) is 5.05. The van der Waals surface area contributed by atoms with Crippen molar-refractivity contribution in [1.82, 2.24) is 0 Å². The number of benzene rings is 1. The van der Waals surface area contributed by atoms with Crippen LogP contribution < -0.4 is 5.46 Å². The second-order valence-electron chi connectivity index (χ2n) is 5.11. The van der Waals surface area contributed by atoms with E-state index in [4.69, 9.17) is 0 Å². The van der Waals surface area contributed by atoms with Gasteiger partial charge >= 0.3 is 0 Å². The maximum absolute atomic E-state index is 4.64. The highest BCUT2D eigenvalue weighted by Crippen LogP contribution is 2.29. The summed E-state index contributed by atoms with van der Waals surface area (Å²) in [6.45, 7) is 11.0. The number of aryl methyl sites for hydroxylation is 1. The van der Waals surface area contributed by atoms with Crippen LogP contribution in [0.5, 0.6) is 0 Å². The Bertz CT molecular complexity index is 362. The van der Waals surface area contributed by atoms with Gasteiger partial charge in [-0.3, -0.25) is 0 Å². The van der Waals surface area contributed by atoms with Crippen LogP contribution in [0.1, 0.15) is 37.5 Å². The third-order valence-electron chi connectivity index (χ3n) is 2.76. The van der Waals surface area contributed by atoms with Gasteiger partial charge in [-0.2, -0.15) is 0 Å². The maximum Gasteiger partial charge on any atom is 0.139 e. The molecule has 0 aliphatic carbocycles. The predicted molar refractivity (Wildman–Crippen MR) is 70.0 cm³/mol. The van der Waals surface area contributed by atoms with Crippen LogP contribution in [0.3, 0.4) is 0 Å². The zero-order chi connectivity index (χ0) is 11.1. The number of thiol groups is 1. The summed E-state index contributed by atoms with van der Waals surface area (Å²) >= 11 is 4.64. The predicted octanol–water partition coefficient (Wildman–Crippen LogP) is 2.15. The van der Waals surface area contributed by atoms with Crippen LogP contribution in [0.25, 0.3) is 0 Å². The lowest BCUT2D eigenvalue weighted by Crippen LogP contribution is -2.25. The van der Waals surface area contributed by atoms with Crippen molar-refractivity contribution in [2.45, 2.75) is 44.9 Å². The fourth-order valence-corrected chi connectivity index (χ4v) is 2.70. The Morgan fingerprint density at radius 3 is 2.14 bits per heavy atom. The molecule has 0 aliphatic heterocycles. The van der Waals surface area contributed by atoms with Crippen LogP contribution in [0, 0.1) is 13.8 Å². The van der Waals surface area contributed by atoms with Gasteiger partial charge in [0, 0.05) is 4.90 Å². The van der Waals surface area contributed by atoms with Gasteiger partial charge in [0.05, 0.1) is 0 Å². The van der Waals surface area contributed by atoms with Crippen LogP contribution in [-0.4, -0.2) is 7.85 Å². The van der Waals surface area contributed by atoms with Gasteiger partial charge in [0.1, 0.15) is 7.85 Å². The lowest BCUT2D eigenvalue weighted by molar-refractivity contribution is 0.581. The largest absolute Gasteiger partial charge is 0.143 e. The highest BCUT2D eigenvalue weighted by Gasteiger charge is 2.20. The molecule has 0 N–H and O–H groups in total. The Morgan fingerprint density at radius 2 is 1.71 bits per heavy atom. The second kappa shape index (κ2) is 3.65. The van der Waals surface area contributed by atoms with Crippen molar-refractivity contribution >= 4 is 25.9 Å². The summed E-state index contributed by atoms with van der Waals surface area (Å²) in [7, 11) is 2.17. The van der Waals surface area contributed by atoms with Crippen LogP contribution in [-0.2, 0) is 5.41 Å². The first kappa shape index (κ1) is 11.7. The summed E-state index contributed by atoms with van der Waals surface area (Å²) in [6.07, 6.45) is 0. The average molecular weight is 206 g/mol. The SMILES string of the molecule is Bc1cc(C)c(C)c(S)c1C(C)(C)C. The molecule has 76 valence electrons. The third-order valence-corrected chi connectivity index (χ3v) is 3.32. The van der Waals surface area contributed by atoms with E-state index in [0.717, 1.165) is 4.90 Å². The van der Waals surface area contributed by atoms with Gasteiger partial charge in [-0.25, -0.2) is 0 Å². The molecule has 0 bridgehead atoms. The van der Waals surface area contributed by atoms with Gasteiger partial charge in [-0.15, -0.1) is 12.6 Å². The molecule has 0 fully saturated rings. The van der Waals surface area contributed by atoms with E-state index in [0.29, 0.717) is 0 Å². The lowest BCUT2D eigenvalue weighted by Gasteiger charge is -2.26. The number of hydrogen-bond donors (Lipinski definition) is 1. The summed E-state index contributed by atoms with van der Waals surface area (Å²) in [5, 5.41) is 0.